The van der Waals surface area contributed by atoms with E-state index in [2.05, 4.69) is 10.6 Å². The molecule has 2 amide bonds. The number of amides is 2. The van der Waals surface area contributed by atoms with Crippen LogP contribution >= 0.6 is 34.8 Å². The highest BCUT2D eigenvalue weighted by Crippen LogP contribution is 2.27. The number of hydrogen-bond donors (Lipinski definition) is 2. The minimum atomic E-state index is -0.557. The minimum Gasteiger partial charge on any atom is -0.385 e. The number of halogens is 3. The van der Waals surface area contributed by atoms with Gasteiger partial charge in [-0.3, -0.25) is 9.59 Å². The third kappa shape index (κ3) is 7.49. The summed E-state index contributed by atoms with van der Waals surface area (Å²) in [5, 5.41) is 11.5. The van der Waals surface area contributed by atoms with E-state index < -0.39 is 11.8 Å². The van der Waals surface area contributed by atoms with Gasteiger partial charge in [0.25, 0.3) is 11.8 Å². The van der Waals surface area contributed by atoms with E-state index in [0.717, 1.165) is 11.3 Å². The Labute approximate surface area is 241 Å². The number of aromatic nitrogens is 2. The molecule has 0 aliphatic rings. The summed E-state index contributed by atoms with van der Waals surface area (Å²) in [5.41, 5.74) is 3.01. The first kappa shape index (κ1) is 28.4. The monoisotopic (exact) mass is 582 g/mol. The van der Waals surface area contributed by atoms with Crippen LogP contribution in [-0.2, 0) is 9.53 Å². The summed E-state index contributed by atoms with van der Waals surface area (Å²) in [7, 11) is 1.59. The summed E-state index contributed by atoms with van der Waals surface area (Å²) in [6.45, 7) is 0.839. The van der Waals surface area contributed by atoms with Gasteiger partial charge in [-0.2, -0.15) is 5.10 Å². The largest absolute Gasteiger partial charge is 0.385 e. The van der Waals surface area contributed by atoms with Crippen LogP contribution in [-0.4, -0.2) is 41.9 Å². The Kier molecular flexibility index (Phi) is 9.79. The first-order valence-corrected chi connectivity index (χ1v) is 13.2. The van der Waals surface area contributed by atoms with Crippen molar-refractivity contribution in [2.24, 2.45) is 0 Å². The van der Waals surface area contributed by atoms with E-state index in [1.807, 2.05) is 42.5 Å². The summed E-state index contributed by atoms with van der Waals surface area (Å²) >= 11 is 18.3. The zero-order valence-electron chi connectivity index (χ0n) is 21.0. The SMILES string of the molecule is COCCCNC(=O)/C(=C/c1cn(-c2ccccc2)nc1-c1ccc(Cl)cc1)NC(=O)c1ccc(Cl)cc1Cl. The van der Waals surface area contributed by atoms with E-state index in [-0.39, 0.29) is 16.3 Å². The number of carbonyl (C=O) groups excluding carboxylic acids is 2. The number of methoxy groups -OCH3 is 1. The fraction of sp³-hybridized carbons (Fsp3) is 0.138. The normalized spacial score (nSPS) is 11.3. The lowest BCUT2D eigenvalue weighted by atomic mass is 10.1. The smallest absolute Gasteiger partial charge is 0.267 e. The first-order chi connectivity index (χ1) is 18.9. The highest BCUT2D eigenvalue weighted by atomic mass is 35.5. The van der Waals surface area contributed by atoms with Gasteiger partial charge in [-0.05, 0) is 55.0 Å². The van der Waals surface area contributed by atoms with Crippen LogP contribution in [0.15, 0.2) is 84.7 Å². The lowest BCUT2D eigenvalue weighted by Gasteiger charge is -2.12. The van der Waals surface area contributed by atoms with Crippen LogP contribution in [0.1, 0.15) is 22.3 Å². The predicted octanol–water partition coefficient (Wildman–Crippen LogP) is 6.42. The van der Waals surface area contributed by atoms with Crippen molar-refractivity contribution in [3.63, 3.8) is 0 Å². The first-order valence-electron chi connectivity index (χ1n) is 12.0. The lowest BCUT2D eigenvalue weighted by Crippen LogP contribution is -2.35. The molecule has 3 aromatic carbocycles. The van der Waals surface area contributed by atoms with E-state index in [1.165, 1.54) is 12.1 Å². The van der Waals surface area contributed by atoms with Gasteiger partial charge in [-0.25, -0.2) is 4.68 Å². The van der Waals surface area contributed by atoms with Crippen molar-refractivity contribution in [3.8, 4) is 16.9 Å². The van der Waals surface area contributed by atoms with Crippen LogP contribution in [0.25, 0.3) is 23.0 Å². The van der Waals surface area contributed by atoms with Crippen molar-refractivity contribution in [2.75, 3.05) is 20.3 Å². The Morgan fingerprint density at radius 3 is 2.38 bits per heavy atom. The number of hydrogen-bond acceptors (Lipinski definition) is 4. The Bertz CT molecular complexity index is 1490. The van der Waals surface area contributed by atoms with Crippen LogP contribution in [0.5, 0.6) is 0 Å². The molecule has 0 aliphatic carbocycles. The van der Waals surface area contributed by atoms with Gasteiger partial charge >= 0.3 is 0 Å². The Hall–Kier alpha value is -3.62. The number of carbonyl (C=O) groups is 2. The van der Waals surface area contributed by atoms with Crippen molar-refractivity contribution in [2.45, 2.75) is 6.42 Å². The van der Waals surface area contributed by atoms with E-state index in [4.69, 9.17) is 44.6 Å². The van der Waals surface area contributed by atoms with Crippen molar-refractivity contribution in [3.05, 3.63) is 111 Å². The second-order valence-corrected chi connectivity index (χ2v) is 9.74. The fourth-order valence-electron chi connectivity index (χ4n) is 3.73. The molecule has 0 radical (unpaired) electrons. The van der Waals surface area contributed by atoms with Crippen molar-refractivity contribution in [1.82, 2.24) is 20.4 Å². The van der Waals surface area contributed by atoms with Gasteiger partial charge in [0.15, 0.2) is 0 Å². The van der Waals surface area contributed by atoms with Gasteiger partial charge in [0, 0.05) is 47.6 Å². The maximum absolute atomic E-state index is 13.3. The number of nitrogens with one attached hydrogen (secondary N) is 2. The summed E-state index contributed by atoms with van der Waals surface area (Å²) in [6, 6.07) is 21.3. The molecule has 10 heteroatoms. The molecule has 7 nitrogen and oxygen atoms in total. The number of para-hydroxylation sites is 1. The number of ether oxygens (including phenoxy) is 1. The van der Waals surface area contributed by atoms with Crippen molar-refractivity contribution < 1.29 is 14.3 Å². The van der Waals surface area contributed by atoms with Crippen LogP contribution in [0.3, 0.4) is 0 Å². The summed E-state index contributed by atoms with van der Waals surface area (Å²) in [5.74, 6) is -1.03. The second-order valence-electron chi connectivity index (χ2n) is 8.46. The summed E-state index contributed by atoms with van der Waals surface area (Å²) in [6.07, 6.45) is 3.98. The standard InChI is InChI=1S/C29H25Cl3N4O3/c1-39-15-5-14-33-29(38)26(34-28(37)24-13-12-22(31)17-25(24)32)16-20-18-36(23-6-3-2-4-7-23)35-27(20)19-8-10-21(30)11-9-19/h2-4,6-13,16-18H,5,14-15H2,1H3,(H,33,38)(H,34,37)/b26-16-. The molecule has 0 saturated carbocycles. The Morgan fingerprint density at radius 2 is 1.69 bits per heavy atom. The molecule has 0 fully saturated rings. The average molecular weight is 584 g/mol. The lowest BCUT2D eigenvalue weighted by molar-refractivity contribution is -0.117. The quantitative estimate of drug-likeness (QED) is 0.167. The third-order valence-corrected chi connectivity index (χ3v) is 6.46. The van der Waals surface area contributed by atoms with Crippen LogP contribution in [0.2, 0.25) is 15.1 Å². The van der Waals surface area contributed by atoms with Crippen LogP contribution in [0, 0.1) is 0 Å². The second kappa shape index (κ2) is 13.4. The molecule has 4 aromatic rings. The van der Waals surface area contributed by atoms with E-state index in [1.54, 1.807) is 42.3 Å². The topological polar surface area (TPSA) is 85.2 Å². The van der Waals surface area contributed by atoms with Gasteiger partial charge in [0.1, 0.15) is 11.4 Å². The zero-order valence-corrected chi connectivity index (χ0v) is 23.2. The van der Waals surface area contributed by atoms with Gasteiger partial charge in [0.2, 0.25) is 0 Å². The zero-order chi connectivity index (χ0) is 27.8. The highest BCUT2D eigenvalue weighted by molar-refractivity contribution is 6.36. The molecule has 0 unspecified atom stereocenters. The van der Waals surface area contributed by atoms with E-state index in [9.17, 15) is 9.59 Å². The molecule has 0 spiro atoms. The minimum absolute atomic E-state index is 0.0197. The molecule has 2 N–H and O–H groups in total. The summed E-state index contributed by atoms with van der Waals surface area (Å²) in [4.78, 5) is 26.4. The number of benzene rings is 3. The molecule has 4 rings (SSSR count). The molecular weight excluding hydrogens is 559 g/mol. The summed E-state index contributed by atoms with van der Waals surface area (Å²) < 4.78 is 6.77. The fourth-order valence-corrected chi connectivity index (χ4v) is 4.35. The van der Waals surface area contributed by atoms with Crippen LogP contribution < -0.4 is 10.6 Å². The molecule has 1 aromatic heterocycles. The molecule has 200 valence electrons. The predicted molar refractivity (Wildman–Crippen MR) is 155 cm³/mol. The van der Waals surface area contributed by atoms with Crippen LogP contribution in [0.4, 0.5) is 0 Å². The Morgan fingerprint density at radius 1 is 0.974 bits per heavy atom. The number of rotatable bonds is 10. The van der Waals surface area contributed by atoms with Gasteiger partial charge < -0.3 is 15.4 Å². The Balaban J connectivity index is 1.76. The molecule has 0 saturated heterocycles. The third-order valence-electron chi connectivity index (χ3n) is 5.66. The van der Waals surface area contributed by atoms with E-state index in [0.29, 0.717) is 40.9 Å². The molecule has 0 aliphatic heterocycles. The van der Waals surface area contributed by atoms with Crippen molar-refractivity contribution in [1.29, 1.82) is 0 Å². The average Bonchev–Trinajstić information content (AvgIpc) is 3.35. The maximum Gasteiger partial charge on any atom is 0.267 e. The molecular formula is C29H25Cl3N4O3. The van der Waals surface area contributed by atoms with E-state index >= 15 is 0 Å². The maximum atomic E-state index is 13.3. The van der Waals surface area contributed by atoms with Crippen molar-refractivity contribution >= 4 is 52.7 Å². The molecule has 39 heavy (non-hydrogen) atoms. The highest BCUT2D eigenvalue weighted by Gasteiger charge is 2.19. The van der Waals surface area contributed by atoms with Gasteiger partial charge in [0.05, 0.1) is 16.3 Å². The van der Waals surface area contributed by atoms with Gasteiger partial charge in [-0.1, -0.05) is 65.1 Å². The molecule has 0 bridgehead atoms. The van der Waals surface area contributed by atoms with Gasteiger partial charge in [-0.15, -0.1) is 0 Å². The number of nitrogens with zero attached hydrogens (tertiary/aromatic N) is 2. The molecule has 0 atom stereocenters. The molecule has 1 heterocycles.